The largest absolute Gasteiger partial charge is 0.343 e. The molecule has 0 N–H and O–H groups in total. The molecule has 2 fully saturated rings. The maximum atomic E-state index is 13.2. The number of rotatable bonds is 4. The zero-order chi connectivity index (χ0) is 18.0. The van der Waals surface area contributed by atoms with Gasteiger partial charge in [-0.3, -0.25) is 9.59 Å². The van der Waals surface area contributed by atoms with Gasteiger partial charge in [-0.2, -0.15) is 0 Å². The van der Waals surface area contributed by atoms with Gasteiger partial charge in [0.25, 0.3) is 5.91 Å². The molecule has 1 aromatic carbocycles. The van der Waals surface area contributed by atoms with Crippen LogP contribution in [0.5, 0.6) is 0 Å². The maximum Gasteiger partial charge on any atom is 0.254 e. The molecule has 0 bridgehead atoms. The van der Waals surface area contributed by atoms with Gasteiger partial charge in [-0.15, -0.1) is 0 Å². The van der Waals surface area contributed by atoms with Crippen LogP contribution >= 0.6 is 0 Å². The predicted octanol–water partition coefficient (Wildman–Crippen LogP) is 3.62. The Bertz CT molecular complexity index is 668. The van der Waals surface area contributed by atoms with Crippen LogP contribution in [-0.4, -0.2) is 47.3 Å². The molecule has 2 aliphatic heterocycles. The van der Waals surface area contributed by atoms with Gasteiger partial charge in [0.2, 0.25) is 5.91 Å². The minimum Gasteiger partial charge on any atom is -0.343 e. The van der Waals surface area contributed by atoms with E-state index >= 15 is 0 Å². The summed E-state index contributed by atoms with van der Waals surface area (Å²) in [5.74, 6) is 0.441. The molecule has 2 aliphatic rings. The van der Waals surface area contributed by atoms with E-state index in [1.807, 2.05) is 17.9 Å². The van der Waals surface area contributed by atoms with Crippen LogP contribution in [0.1, 0.15) is 65.6 Å². The molecule has 4 nitrogen and oxygen atoms in total. The van der Waals surface area contributed by atoms with Gasteiger partial charge in [0.1, 0.15) is 0 Å². The van der Waals surface area contributed by atoms with Crippen LogP contribution in [0.4, 0.5) is 0 Å². The number of likely N-dealkylation sites (tertiary alicyclic amines) is 2. The molecule has 2 amide bonds. The quantitative estimate of drug-likeness (QED) is 0.838. The molecule has 0 aromatic heterocycles. The first-order valence-electron chi connectivity index (χ1n) is 9.64. The van der Waals surface area contributed by atoms with E-state index < -0.39 is 0 Å². The standard InChI is InChI=1S/C21H30N2O2/c1-15-13-17(3)19(14-16(15)2)21(25)23-11-5-4-7-18(23)9-12-22-10-6-8-20(22)24/h13-14,18H,4-12H2,1-3H3/t18-/m1/s1. The molecule has 0 radical (unpaired) electrons. The fourth-order valence-electron chi connectivity index (χ4n) is 4.16. The second-order valence-corrected chi connectivity index (χ2v) is 7.67. The summed E-state index contributed by atoms with van der Waals surface area (Å²) < 4.78 is 0. The van der Waals surface area contributed by atoms with Crippen molar-refractivity contribution in [1.29, 1.82) is 0 Å². The summed E-state index contributed by atoms with van der Waals surface area (Å²) in [6, 6.07) is 4.42. The van der Waals surface area contributed by atoms with Gasteiger partial charge in [0.05, 0.1) is 0 Å². The molecular formula is C21H30N2O2. The number of piperidine rings is 1. The number of nitrogens with zero attached hydrogens (tertiary/aromatic N) is 2. The van der Waals surface area contributed by atoms with Gasteiger partial charge in [0, 0.05) is 37.7 Å². The van der Waals surface area contributed by atoms with Crippen LogP contribution in [0.3, 0.4) is 0 Å². The van der Waals surface area contributed by atoms with Gasteiger partial charge in [0.15, 0.2) is 0 Å². The van der Waals surface area contributed by atoms with E-state index in [0.717, 1.165) is 56.4 Å². The third-order valence-electron chi connectivity index (χ3n) is 5.86. The average Bonchev–Trinajstić information content (AvgIpc) is 3.01. The summed E-state index contributed by atoms with van der Waals surface area (Å²) >= 11 is 0. The second kappa shape index (κ2) is 7.59. The second-order valence-electron chi connectivity index (χ2n) is 7.67. The van der Waals surface area contributed by atoms with Crippen LogP contribution in [0.25, 0.3) is 0 Å². The smallest absolute Gasteiger partial charge is 0.254 e. The normalized spacial score (nSPS) is 21.1. The Morgan fingerprint density at radius 2 is 1.80 bits per heavy atom. The monoisotopic (exact) mass is 342 g/mol. The van der Waals surface area contributed by atoms with Crippen LogP contribution in [0, 0.1) is 20.8 Å². The van der Waals surface area contributed by atoms with Gasteiger partial charge < -0.3 is 9.80 Å². The molecule has 2 heterocycles. The number of hydrogen-bond acceptors (Lipinski definition) is 2. The summed E-state index contributed by atoms with van der Waals surface area (Å²) in [6.45, 7) is 8.70. The highest BCUT2D eigenvalue weighted by atomic mass is 16.2. The lowest BCUT2D eigenvalue weighted by Crippen LogP contribution is -2.45. The average molecular weight is 342 g/mol. The van der Waals surface area contributed by atoms with Crippen molar-refractivity contribution in [2.24, 2.45) is 0 Å². The molecule has 1 aromatic rings. The number of amides is 2. The van der Waals surface area contributed by atoms with Gasteiger partial charge in [-0.25, -0.2) is 0 Å². The fourth-order valence-corrected chi connectivity index (χ4v) is 4.16. The van der Waals surface area contributed by atoms with Crippen molar-refractivity contribution in [3.8, 4) is 0 Å². The molecule has 0 saturated carbocycles. The minimum absolute atomic E-state index is 0.165. The Hall–Kier alpha value is -1.84. The molecule has 3 rings (SSSR count). The van der Waals surface area contributed by atoms with Crippen molar-refractivity contribution < 1.29 is 9.59 Å². The summed E-state index contributed by atoms with van der Waals surface area (Å²) in [6.07, 6.45) is 5.88. The van der Waals surface area contributed by atoms with Crippen LogP contribution < -0.4 is 0 Å². The highest BCUT2D eigenvalue weighted by Crippen LogP contribution is 2.25. The zero-order valence-corrected chi connectivity index (χ0v) is 15.8. The van der Waals surface area contributed by atoms with E-state index in [4.69, 9.17) is 0 Å². The van der Waals surface area contributed by atoms with Gasteiger partial charge >= 0.3 is 0 Å². The number of benzene rings is 1. The summed E-state index contributed by atoms with van der Waals surface area (Å²) in [7, 11) is 0. The summed E-state index contributed by atoms with van der Waals surface area (Å²) in [4.78, 5) is 29.1. The van der Waals surface area contributed by atoms with Crippen molar-refractivity contribution in [1.82, 2.24) is 9.80 Å². The number of hydrogen-bond donors (Lipinski definition) is 0. The van der Waals surface area contributed by atoms with E-state index in [-0.39, 0.29) is 17.9 Å². The van der Waals surface area contributed by atoms with Crippen molar-refractivity contribution in [3.05, 3.63) is 34.4 Å². The van der Waals surface area contributed by atoms with Crippen molar-refractivity contribution in [2.75, 3.05) is 19.6 Å². The lowest BCUT2D eigenvalue weighted by molar-refractivity contribution is -0.127. The van der Waals surface area contributed by atoms with Crippen molar-refractivity contribution in [2.45, 2.75) is 65.3 Å². The van der Waals surface area contributed by atoms with E-state index in [2.05, 4.69) is 24.8 Å². The van der Waals surface area contributed by atoms with Crippen LogP contribution in [0.15, 0.2) is 12.1 Å². The van der Waals surface area contributed by atoms with E-state index in [0.29, 0.717) is 6.42 Å². The van der Waals surface area contributed by atoms with Crippen molar-refractivity contribution in [3.63, 3.8) is 0 Å². The first-order valence-corrected chi connectivity index (χ1v) is 9.64. The SMILES string of the molecule is Cc1cc(C)c(C(=O)N2CCCC[C@@H]2CCN2CCCC2=O)cc1C. The Morgan fingerprint density at radius 1 is 1.04 bits per heavy atom. The molecule has 1 atom stereocenters. The van der Waals surface area contributed by atoms with E-state index in [1.165, 1.54) is 17.5 Å². The Labute approximate surface area is 151 Å². The zero-order valence-electron chi connectivity index (χ0n) is 15.8. The summed E-state index contributed by atoms with van der Waals surface area (Å²) in [5, 5.41) is 0. The lowest BCUT2D eigenvalue weighted by atomic mass is 9.95. The third kappa shape index (κ3) is 3.88. The van der Waals surface area contributed by atoms with E-state index in [1.54, 1.807) is 0 Å². The van der Waals surface area contributed by atoms with Crippen LogP contribution in [0.2, 0.25) is 0 Å². The maximum absolute atomic E-state index is 13.2. The summed E-state index contributed by atoms with van der Waals surface area (Å²) in [5.41, 5.74) is 4.31. The van der Waals surface area contributed by atoms with Crippen molar-refractivity contribution >= 4 is 11.8 Å². The molecular weight excluding hydrogens is 312 g/mol. The highest BCUT2D eigenvalue weighted by molar-refractivity contribution is 5.96. The Balaban J connectivity index is 1.72. The molecule has 0 aliphatic carbocycles. The Kier molecular flexibility index (Phi) is 5.45. The minimum atomic E-state index is 0.165. The molecule has 0 spiro atoms. The number of aryl methyl sites for hydroxylation is 3. The lowest BCUT2D eigenvalue weighted by Gasteiger charge is -2.37. The molecule has 0 unspecified atom stereocenters. The number of carbonyl (C=O) groups is 2. The van der Waals surface area contributed by atoms with Gasteiger partial charge in [-0.1, -0.05) is 6.07 Å². The van der Waals surface area contributed by atoms with Crippen LogP contribution in [-0.2, 0) is 4.79 Å². The fraction of sp³-hybridized carbons (Fsp3) is 0.619. The molecule has 136 valence electrons. The first kappa shape index (κ1) is 18.0. The van der Waals surface area contributed by atoms with E-state index in [9.17, 15) is 9.59 Å². The number of carbonyl (C=O) groups excluding carboxylic acids is 2. The van der Waals surface area contributed by atoms with Gasteiger partial charge in [-0.05, 0) is 75.6 Å². The Morgan fingerprint density at radius 3 is 2.52 bits per heavy atom. The molecule has 25 heavy (non-hydrogen) atoms. The first-order chi connectivity index (χ1) is 12.0. The predicted molar refractivity (Wildman–Crippen MR) is 99.8 cm³/mol. The molecule has 4 heteroatoms. The third-order valence-corrected chi connectivity index (χ3v) is 5.86. The molecule has 2 saturated heterocycles. The topological polar surface area (TPSA) is 40.6 Å². The highest BCUT2D eigenvalue weighted by Gasteiger charge is 2.30.